The third-order valence-corrected chi connectivity index (χ3v) is 2.80. The monoisotopic (exact) mass is 291 g/mol. The summed E-state index contributed by atoms with van der Waals surface area (Å²) in [5.74, 6) is -0.525. The third kappa shape index (κ3) is 5.44. The van der Waals surface area contributed by atoms with Gasteiger partial charge in [0.25, 0.3) is 0 Å². The average molecular weight is 292 g/mol. The normalized spacial score (nSPS) is 16.6. The second-order valence-corrected chi connectivity index (χ2v) is 4.50. The molecule has 0 aliphatic carbocycles. The number of nitrogens with zero attached hydrogens (tertiary/aromatic N) is 1. The van der Waals surface area contributed by atoms with Crippen LogP contribution < -0.4 is 10.6 Å². The molecule has 0 spiro atoms. The average Bonchev–Trinajstić information content (AvgIpc) is 2.38. The Balaban J connectivity index is 2.36. The maximum absolute atomic E-state index is 12.0. The first kappa shape index (κ1) is 15.7. The number of nitrogens with one attached hydrogen (secondary N) is 2. The van der Waals surface area contributed by atoms with E-state index in [2.05, 4.69) is 10.6 Å². The molecule has 1 unspecified atom stereocenters. The van der Waals surface area contributed by atoms with Gasteiger partial charge in [-0.25, -0.2) is 4.79 Å². The number of rotatable bonds is 4. The van der Waals surface area contributed by atoms with Crippen LogP contribution in [0, 0.1) is 0 Å². The highest BCUT2D eigenvalue weighted by atomic mass is 35.5. The van der Waals surface area contributed by atoms with Crippen LogP contribution in [0.15, 0.2) is 0 Å². The van der Waals surface area contributed by atoms with Crippen LogP contribution in [0.2, 0.25) is 0 Å². The smallest absolute Gasteiger partial charge is 0.322 e. The van der Waals surface area contributed by atoms with E-state index in [4.69, 9.17) is 16.3 Å². The lowest BCUT2D eigenvalue weighted by Crippen LogP contribution is -2.53. The molecule has 1 heterocycles. The van der Waals surface area contributed by atoms with Crippen molar-refractivity contribution in [3.8, 4) is 0 Å². The second kappa shape index (κ2) is 7.96. The van der Waals surface area contributed by atoms with Crippen molar-refractivity contribution in [2.75, 3.05) is 32.2 Å². The number of carbonyl (C=O) groups is 3. The van der Waals surface area contributed by atoms with Gasteiger partial charge in [0, 0.05) is 25.4 Å². The van der Waals surface area contributed by atoms with Gasteiger partial charge < -0.3 is 15.0 Å². The lowest BCUT2D eigenvalue weighted by Gasteiger charge is -2.29. The van der Waals surface area contributed by atoms with Crippen molar-refractivity contribution in [1.29, 1.82) is 0 Å². The number of urea groups is 1. The molecule has 1 atom stereocenters. The summed E-state index contributed by atoms with van der Waals surface area (Å²) in [6.07, 6.45) is 0.0563. The highest BCUT2D eigenvalue weighted by molar-refractivity contribution is 6.19. The van der Waals surface area contributed by atoms with Crippen LogP contribution in [-0.2, 0) is 14.3 Å². The van der Waals surface area contributed by atoms with Crippen LogP contribution >= 0.6 is 11.6 Å². The van der Waals surface area contributed by atoms with Crippen molar-refractivity contribution in [2.45, 2.75) is 19.4 Å². The van der Waals surface area contributed by atoms with E-state index >= 15 is 0 Å². The first-order valence-electron chi connectivity index (χ1n) is 6.07. The molecule has 0 aromatic rings. The molecule has 4 amide bonds. The van der Waals surface area contributed by atoms with Gasteiger partial charge in [0.1, 0.15) is 6.04 Å². The lowest BCUT2D eigenvalue weighted by molar-refractivity contribution is -0.136. The molecule has 1 saturated heterocycles. The van der Waals surface area contributed by atoms with Gasteiger partial charge in [-0.1, -0.05) is 0 Å². The SMILES string of the molecule is CC(NC(=O)NC(=O)CCCl)C(=O)N1CCOCC1. The lowest BCUT2D eigenvalue weighted by atomic mass is 10.2. The van der Waals surface area contributed by atoms with E-state index in [1.165, 1.54) is 0 Å². The zero-order valence-electron chi connectivity index (χ0n) is 10.8. The van der Waals surface area contributed by atoms with Crippen molar-refractivity contribution in [3.63, 3.8) is 0 Å². The van der Waals surface area contributed by atoms with Gasteiger partial charge in [0.2, 0.25) is 11.8 Å². The van der Waals surface area contributed by atoms with E-state index in [0.717, 1.165) is 0 Å². The molecule has 0 aromatic heterocycles. The van der Waals surface area contributed by atoms with Crippen LogP contribution in [0.3, 0.4) is 0 Å². The molecule has 19 heavy (non-hydrogen) atoms. The van der Waals surface area contributed by atoms with Gasteiger partial charge in [-0.3, -0.25) is 14.9 Å². The van der Waals surface area contributed by atoms with Gasteiger partial charge >= 0.3 is 6.03 Å². The molecule has 0 saturated carbocycles. The molecule has 0 aromatic carbocycles. The minimum atomic E-state index is -0.693. The first-order chi connectivity index (χ1) is 9.04. The largest absolute Gasteiger partial charge is 0.378 e. The first-order valence-corrected chi connectivity index (χ1v) is 6.61. The predicted molar refractivity (Wildman–Crippen MR) is 68.9 cm³/mol. The standard InChI is InChI=1S/C11H18ClN3O4/c1-8(10(17)15-4-6-19-7-5-15)13-11(18)14-9(16)2-3-12/h8H,2-7H2,1H3,(H2,13,14,16,18). The summed E-state index contributed by atoms with van der Waals surface area (Å²) >= 11 is 5.37. The number of halogens is 1. The number of carbonyl (C=O) groups excluding carboxylic acids is 3. The second-order valence-electron chi connectivity index (χ2n) is 4.12. The van der Waals surface area contributed by atoms with E-state index in [0.29, 0.717) is 26.3 Å². The van der Waals surface area contributed by atoms with Crippen LogP contribution in [0.5, 0.6) is 0 Å². The Hall–Kier alpha value is -1.34. The summed E-state index contributed by atoms with van der Waals surface area (Å²) in [5.41, 5.74) is 0. The van der Waals surface area contributed by atoms with E-state index in [9.17, 15) is 14.4 Å². The van der Waals surface area contributed by atoms with Crippen molar-refractivity contribution < 1.29 is 19.1 Å². The minimum absolute atomic E-state index is 0.0563. The van der Waals surface area contributed by atoms with Gasteiger partial charge in [0.15, 0.2) is 0 Å². The van der Waals surface area contributed by atoms with Crippen molar-refractivity contribution in [1.82, 2.24) is 15.5 Å². The van der Waals surface area contributed by atoms with Gasteiger partial charge in [-0.15, -0.1) is 11.6 Å². The van der Waals surface area contributed by atoms with Crippen LogP contribution in [0.25, 0.3) is 0 Å². The third-order valence-electron chi connectivity index (χ3n) is 2.62. The maximum atomic E-state index is 12.0. The minimum Gasteiger partial charge on any atom is -0.378 e. The Kier molecular flexibility index (Phi) is 6.58. The number of ether oxygens (including phenoxy) is 1. The van der Waals surface area contributed by atoms with E-state index in [1.807, 2.05) is 0 Å². The molecular formula is C11H18ClN3O4. The van der Waals surface area contributed by atoms with E-state index in [-0.39, 0.29) is 18.2 Å². The Morgan fingerprint density at radius 3 is 2.53 bits per heavy atom. The van der Waals surface area contributed by atoms with Crippen LogP contribution in [-0.4, -0.2) is 61.0 Å². The quantitative estimate of drug-likeness (QED) is 0.696. The Morgan fingerprint density at radius 2 is 1.95 bits per heavy atom. The molecular weight excluding hydrogens is 274 g/mol. The van der Waals surface area contributed by atoms with Crippen molar-refractivity contribution in [2.24, 2.45) is 0 Å². The summed E-state index contributed by atoms with van der Waals surface area (Å²) in [6, 6.07) is -1.38. The summed E-state index contributed by atoms with van der Waals surface area (Å²) in [5, 5.41) is 4.52. The molecule has 108 valence electrons. The van der Waals surface area contributed by atoms with Gasteiger partial charge in [0.05, 0.1) is 13.2 Å². The number of hydrogen-bond donors (Lipinski definition) is 2. The number of hydrogen-bond acceptors (Lipinski definition) is 4. The zero-order chi connectivity index (χ0) is 14.3. The van der Waals surface area contributed by atoms with E-state index in [1.54, 1.807) is 11.8 Å². The maximum Gasteiger partial charge on any atom is 0.322 e. The highest BCUT2D eigenvalue weighted by Gasteiger charge is 2.23. The highest BCUT2D eigenvalue weighted by Crippen LogP contribution is 2.00. The summed E-state index contributed by atoms with van der Waals surface area (Å²) in [4.78, 5) is 36.2. The number of amides is 4. The fourth-order valence-corrected chi connectivity index (χ4v) is 1.80. The van der Waals surface area contributed by atoms with Crippen LogP contribution in [0.1, 0.15) is 13.3 Å². The number of morpholine rings is 1. The van der Waals surface area contributed by atoms with Crippen LogP contribution in [0.4, 0.5) is 4.79 Å². The molecule has 8 heteroatoms. The molecule has 2 N–H and O–H groups in total. The Bertz CT molecular complexity index is 345. The summed E-state index contributed by atoms with van der Waals surface area (Å²) in [6.45, 7) is 3.59. The predicted octanol–water partition coefficient (Wildman–Crippen LogP) is -0.312. The molecule has 0 bridgehead atoms. The summed E-state index contributed by atoms with van der Waals surface area (Å²) in [7, 11) is 0. The van der Waals surface area contributed by atoms with Crippen molar-refractivity contribution >= 4 is 29.4 Å². The molecule has 1 rings (SSSR count). The fraction of sp³-hybridized carbons (Fsp3) is 0.727. The molecule has 1 aliphatic rings. The zero-order valence-corrected chi connectivity index (χ0v) is 11.5. The Labute approximate surface area is 116 Å². The molecule has 1 aliphatic heterocycles. The topological polar surface area (TPSA) is 87.7 Å². The number of alkyl halides is 1. The van der Waals surface area contributed by atoms with E-state index < -0.39 is 18.0 Å². The fourth-order valence-electron chi connectivity index (χ4n) is 1.63. The Morgan fingerprint density at radius 1 is 1.32 bits per heavy atom. The molecule has 1 fully saturated rings. The molecule has 7 nitrogen and oxygen atoms in total. The van der Waals surface area contributed by atoms with Gasteiger partial charge in [-0.05, 0) is 6.92 Å². The van der Waals surface area contributed by atoms with Gasteiger partial charge in [-0.2, -0.15) is 0 Å². The van der Waals surface area contributed by atoms with Crippen molar-refractivity contribution in [3.05, 3.63) is 0 Å². The summed E-state index contributed by atoms with van der Waals surface area (Å²) < 4.78 is 5.14. The molecule has 0 radical (unpaired) electrons. The number of imide groups is 1.